The van der Waals surface area contributed by atoms with Crippen molar-refractivity contribution >= 4 is 27.5 Å². The third-order valence-electron chi connectivity index (χ3n) is 2.20. The van der Waals surface area contributed by atoms with Crippen molar-refractivity contribution in [3.8, 4) is 0 Å². The van der Waals surface area contributed by atoms with Crippen LogP contribution in [0.5, 0.6) is 0 Å². The first-order valence-electron chi connectivity index (χ1n) is 4.41. The summed E-state index contributed by atoms with van der Waals surface area (Å²) in [6, 6.07) is 7.20. The number of hydrogen-bond acceptors (Lipinski definition) is 2. The minimum absolute atomic E-state index is 0.256. The fourth-order valence-corrected chi connectivity index (χ4v) is 2.00. The van der Waals surface area contributed by atoms with Crippen LogP contribution in [0.4, 0.5) is 0 Å². The van der Waals surface area contributed by atoms with Gasteiger partial charge in [-0.3, -0.25) is 0 Å². The van der Waals surface area contributed by atoms with Crippen LogP contribution in [0.3, 0.4) is 0 Å². The number of furan rings is 1. The summed E-state index contributed by atoms with van der Waals surface area (Å²) >= 11 is 9.47. The Balaban J connectivity index is 2.41. The van der Waals surface area contributed by atoms with Gasteiger partial charge in [-0.2, -0.15) is 0 Å². The number of hydrogen-bond donors (Lipinski definition) is 1. The summed E-state index contributed by atoms with van der Waals surface area (Å²) in [6.07, 6.45) is 3.23. The molecular weight excluding hydrogens is 277 g/mol. The lowest BCUT2D eigenvalue weighted by Gasteiger charge is -2.12. The second-order valence-electron chi connectivity index (χ2n) is 3.20. The van der Waals surface area contributed by atoms with Crippen molar-refractivity contribution in [2.24, 2.45) is 5.73 Å². The van der Waals surface area contributed by atoms with E-state index in [2.05, 4.69) is 15.9 Å². The number of benzene rings is 1. The molecule has 1 aromatic carbocycles. The number of nitrogens with two attached hydrogens (primary N) is 1. The maximum atomic E-state index is 6.08. The zero-order valence-electron chi connectivity index (χ0n) is 7.78. The van der Waals surface area contributed by atoms with E-state index in [9.17, 15) is 0 Å². The molecule has 2 N–H and O–H groups in total. The van der Waals surface area contributed by atoms with Gasteiger partial charge in [-0.1, -0.05) is 27.5 Å². The Kier molecular flexibility index (Phi) is 3.14. The first-order chi connectivity index (χ1) is 7.18. The van der Waals surface area contributed by atoms with E-state index in [0.29, 0.717) is 5.02 Å². The van der Waals surface area contributed by atoms with E-state index in [1.165, 1.54) is 0 Å². The minimum Gasteiger partial charge on any atom is -0.472 e. The fraction of sp³-hybridized carbons (Fsp3) is 0.0909. The first-order valence-corrected chi connectivity index (χ1v) is 5.58. The normalized spacial score (nSPS) is 12.7. The molecule has 0 aliphatic heterocycles. The van der Waals surface area contributed by atoms with Gasteiger partial charge in [0.2, 0.25) is 0 Å². The highest BCUT2D eigenvalue weighted by Gasteiger charge is 2.13. The van der Waals surface area contributed by atoms with Gasteiger partial charge in [-0.15, -0.1) is 0 Å². The second-order valence-corrected chi connectivity index (χ2v) is 4.52. The maximum absolute atomic E-state index is 6.08. The summed E-state index contributed by atoms with van der Waals surface area (Å²) < 4.78 is 5.95. The molecule has 1 aromatic heterocycles. The van der Waals surface area contributed by atoms with Gasteiger partial charge in [0.15, 0.2) is 0 Å². The van der Waals surface area contributed by atoms with Crippen LogP contribution in [-0.4, -0.2) is 0 Å². The van der Waals surface area contributed by atoms with E-state index in [1.807, 2.05) is 24.3 Å². The van der Waals surface area contributed by atoms with E-state index in [0.717, 1.165) is 15.6 Å². The van der Waals surface area contributed by atoms with Gasteiger partial charge in [-0.25, -0.2) is 0 Å². The lowest BCUT2D eigenvalue weighted by Crippen LogP contribution is -2.11. The summed E-state index contributed by atoms with van der Waals surface area (Å²) in [5.74, 6) is 0. The average molecular weight is 287 g/mol. The Hall–Kier alpha value is -0.770. The molecule has 1 atom stereocenters. The topological polar surface area (TPSA) is 39.2 Å². The molecule has 0 radical (unpaired) electrons. The fourth-order valence-electron chi connectivity index (χ4n) is 1.38. The van der Waals surface area contributed by atoms with Crippen LogP contribution in [0.1, 0.15) is 17.2 Å². The first kappa shape index (κ1) is 10.7. The van der Waals surface area contributed by atoms with Gasteiger partial charge >= 0.3 is 0 Å². The van der Waals surface area contributed by atoms with Gasteiger partial charge < -0.3 is 10.2 Å². The van der Waals surface area contributed by atoms with Crippen molar-refractivity contribution in [1.29, 1.82) is 0 Å². The zero-order valence-corrected chi connectivity index (χ0v) is 10.1. The zero-order chi connectivity index (χ0) is 10.8. The summed E-state index contributed by atoms with van der Waals surface area (Å²) in [6.45, 7) is 0. The van der Waals surface area contributed by atoms with Gasteiger partial charge in [0, 0.05) is 15.1 Å². The second kappa shape index (κ2) is 4.39. The Labute approximate surface area is 101 Å². The molecule has 0 saturated heterocycles. The molecule has 1 unspecified atom stereocenters. The van der Waals surface area contributed by atoms with E-state index in [-0.39, 0.29) is 6.04 Å². The van der Waals surface area contributed by atoms with Crippen molar-refractivity contribution in [3.05, 3.63) is 57.4 Å². The quantitative estimate of drug-likeness (QED) is 0.913. The van der Waals surface area contributed by atoms with Crippen molar-refractivity contribution in [1.82, 2.24) is 0 Å². The number of rotatable bonds is 2. The minimum atomic E-state index is -0.256. The smallest absolute Gasteiger partial charge is 0.0953 e. The molecule has 4 heteroatoms. The third-order valence-corrected chi connectivity index (χ3v) is 3.03. The van der Waals surface area contributed by atoms with Gasteiger partial charge in [0.05, 0.1) is 18.6 Å². The predicted molar refractivity (Wildman–Crippen MR) is 63.9 cm³/mol. The van der Waals surface area contributed by atoms with Crippen LogP contribution in [0, 0.1) is 0 Å². The van der Waals surface area contributed by atoms with Crippen LogP contribution in [-0.2, 0) is 0 Å². The van der Waals surface area contributed by atoms with Gasteiger partial charge in [0.1, 0.15) is 0 Å². The van der Waals surface area contributed by atoms with E-state index >= 15 is 0 Å². The molecule has 2 aromatic rings. The third kappa shape index (κ3) is 2.25. The van der Waals surface area contributed by atoms with Crippen LogP contribution < -0.4 is 5.73 Å². The highest BCUT2D eigenvalue weighted by Crippen LogP contribution is 2.29. The summed E-state index contributed by atoms with van der Waals surface area (Å²) in [4.78, 5) is 0. The number of halogens is 2. The lowest BCUT2D eigenvalue weighted by atomic mass is 10.0. The Bertz CT molecular complexity index is 456. The lowest BCUT2D eigenvalue weighted by molar-refractivity contribution is 0.562. The molecule has 0 spiro atoms. The van der Waals surface area contributed by atoms with Crippen molar-refractivity contribution in [3.63, 3.8) is 0 Å². The molecular formula is C11H9BrClNO. The molecule has 0 saturated carbocycles. The molecule has 2 nitrogen and oxygen atoms in total. The molecule has 0 amide bonds. The monoisotopic (exact) mass is 285 g/mol. The van der Waals surface area contributed by atoms with Crippen LogP contribution in [0.25, 0.3) is 0 Å². The molecule has 0 aliphatic rings. The van der Waals surface area contributed by atoms with Crippen LogP contribution in [0.15, 0.2) is 45.7 Å². The summed E-state index contributed by atoms with van der Waals surface area (Å²) in [5, 5.41) is 0.659. The Morgan fingerprint density at radius 1 is 1.33 bits per heavy atom. The molecule has 0 aliphatic carbocycles. The van der Waals surface area contributed by atoms with Gasteiger partial charge in [-0.05, 0) is 29.8 Å². The summed E-state index contributed by atoms with van der Waals surface area (Å²) in [5.41, 5.74) is 7.86. The predicted octanol–water partition coefficient (Wildman–Crippen LogP) is 3.74. The van der Waals surface area contributed by atoms with Crippen molar-refractivity contribution in [2.75, 3.05) is 0 Å². The Morgan fingerprint density at radius 2 is 2.13 bits per heavy atom. The molecule has 1 heterocycles. The standard InChI is InChI=1S/C11H9BrClNO/c12-8-1-2-10(13)9(5-8)11(14)7-3-4-15-6-7/h1-6,11H,14H2. The van der Waals surface area contributed by atoms with E-state index < -0.39 is 0 Å². The highest BCUT2D eigenvalue weighted by molar-refractivity contribution is 9.10. The molecule has 15 heavy (non-hydrogen) atoms. The average Bonchev–Trinajstić information content (AvgIpc) is 2.74. The van der Waals surface area contributed by atoms with E-state index in [4.69, 9.17) is 21.8 Å². The van der Waals surface area contributed by atoms with Crippen molar-refractivity contribution in [2.45, 2.75) is 6.04 Å². The highest BCUT2D eigenvalue weighted by atomic mass is 79.9. The molecule has 2 rings (SSSR count). The van der Waals surface area contributed by atoms with Crippen LogP contribution >= 0.6 is 27.5 Å². The molecule has 0 fully saturated rings. The van der Waals surface area contributed by atoms with E-state index in [1.54, 1.807) is 12.5 Å². The molecule has 78 valence electrons. The maximum Gasteiger partial charge on any atom is 0.0953 e. The van der Waals surface area contributed by atoms with Crippen LogP contribution in [0.2, 0.25) is 5.02 Å². The largest absolute Gasteiger partial charge is 0.472 e. The molecule has 0 bridgehead atoms. The Morgan fingerprint density at radius 3 is 2.80 bits per heavy atom. The SMILES string of the molecule is NC(c1ccoc1)c1cc(Br)ccc1Cl. The summed E-state index contributed by atoms with van der Waals surface area (Å²) in [7, 11) is 0. The van der Waals surface area contributed by atoms with Gasteiger partial charge in [0.25, 0.3) is 0 Å². The van der Waals surface area contributed by atoms with Crippen molar-refractivity contribution < 1.29 is 4.42 Å².